The number of ether oxygens (including phenoxy) is 1. The van der Waals surface area contributed by atoms with Crippen molar-refractivity contribution in [2.24, 2.45) is 0 Å². The van der Waals surface area contributed by atoms with E-state index in [1.165, 1.54) is 7.11 Å². The highest BCUT2D eigenvalue weighted by Gasteiger charge is 2.20. The molecule has 19 heavy (non-hydrogen) atoms. The van der Waals surface area contributed by atoms with Crippen LogP contribution in [0.2, 0.25) is 0 Å². The molecule has 4 nitrogen and oxygen atoms in total. The van der Waals surface area contributed by atoms with Gasteiger partial charge in [0.05, 0.1) is 12.8 Å². The van der Waals surface area contributed by atoms with Crippen molar-refractivity contribution in [3.63, 3.8) is 0 Å². The van der Waals surface area contributed by atoms with Gasteiger partial charge in [0, 0.05) is 8.95 Å². The fourth-order valence-corrected chi connectivity index (χ4v) is 5.18. The molecule has 0 saturated heterocycles. The average Bonchev–Trinajstić information content (AvgIpc) is 2.76. The van der Waals surface area contributed by atoms with E-state index in [9.17, 15) is 8.42 Å². The van der Waals surface area contributed by atoms with Gasteiger partial charge < -0.3 is 4.74 Å². The summed E-state index contributed by atoms with van der Waals surface area (Å²) < 4.78 is 33.7. The van der Waals surface area contributed by atoms with Crippen molar-refractivity contribution in [3.8, 4) is 5.75 Å². The quantitative estimate of drug-likeness (QED) is 0.801. The summed E-state index contributed by atoms with van der Waals surface area (Å²) >= 11 is 7.66. The van der Waals surface area contributed by atoms with Crippen molar-refractivity contribution < 1.29 is 13.2 Å². The van der Waals surface area contributed by atoms with E-state index in [4.69, 9.17) is 4.74 Å². The number of nitrogens with one attached hydrogen (secondary N) is 1. The van der Waals surface area contributed by atoms with Crippen molar-refractivity contribution in [2.45, 2.75) is 4.21 Å². The first-order valence-electron chi connectivity index (χ1n) is 5.03. The van der Waals surface area contributed by atoms with Gasteiger partial charge in [-0.1, -0.05) is 15.9 Å². The highest BCUT2D eigenvalue weighted by Crippen LogP contribution is 2.33. The van der Waals surface area contributed by atoms with Gasteiger partial charge in [-0.15, -0.1) is 11.3 Å². The van der Waals surface area contributed by atoms with Crippen LogP contribution in [0.15, 0.2) is 42.8 Å². The molecule has 1 aromatic carbocycles. The number of methoxy groups -OCH3 is 1. The first kappa shape index (κ1) is 14.8. The molecule has 8 heteroatoms. The van der Waals surface area contributed by atoms with Gasteiger partial charge in [-0.3, -0.25) is 4.72 Å². The third-order valence-corrected chi connectivity index (χ3v) is 6.76. The van der Waals surface area contributed by atoms with Crippen LogP contribution in [0.5, 0.6) is 5.75 Å². The predicted molar refractivity (Wildman–Crippen MR) is 83.5 cm³/mol. The molecule has 0 fully saturated rings. The molecule has 0 spiro atoms. The third kappa shape index (κ3) is 3.31. The first-order chi connectivity index (χ1) is 8.94. The molecule has 102 valence electrons. The molecule has 0 unspecified atom stereocenters. The zero-order valence-electron chi connectivity index (χ0n) is 9.68. The molecule has 0 bridgehead atoms. The van der Waals surface area contributed by atoms with Crippen molar-refractivity contribution in [1.29, 1.82) is 0 Å². The molecule has 0 radical (unpaired) electrons. The maximum absolute atomic E-state index is 12.3. The first-order valence-corrected chi connectivity index (χ1v) is 8.98. The van der Waals surface area contributed by atoms with Gasteiger partial charge in [0.15, 0.2) is 4.21 Å². The second kappa shape index (κ2) is 5.82. The standard InChI is InChI=1S/C11H9Br2NO3S2/c1-17-10-3-2-7(12)6-9(10)14-19(15,16)11-8(13)4-5-18-11/h2-6,14H,1H3. The monoisotopic (exact) mass is 425 g/mol. The number of hydrogen-bond donors (Lipinski definition) is 1. The number of anilines is 1. The van der Waals surface area contributed by atoms with Crippen LogP contribution in [-0.4, -0.2) is 15.5 Å². The zero-order valence-corrected chi connectivity index (χ0v) is 14.5. The highest BCUT2D eigenvalue weighted by molar-refractivity contribution is 9.10. The van der Waals surface area contributed by atoms with Crippen LogP contribution in [0.1, 0.15) is 0 Å². The maximum Gasteiger partial charge on any atom is 0.272 e. The lowest BCUT2D eigenvalue weighted by atomic mass is 10.3. The van der Waals surface area contributed by atoms with E-state index >= 15 is 0 Å². The second-order valence-electron chi connectivity index (χ2n) is 3.51. The van der Waals surface area contributed by atoms with Gasteiger partial charge in [-0.05, 0) is 45.6 Å². The van der Waals surface area contributed by atoms with Gasteiger partial charge in [0.1, 0.15) is 5.75 Å². The van der Waals surface area contributed by atoms with Gasteiger partial charge in [-0.25, -0.2) is 8.42 Å². The minimum Gasteiger partial charge on any atom is -0.495 e. The Hall–Kier alpha value is -0.570. The summed E-state index contributed by atoms with van der Waals surface area (Å²) in [5.74, 6) is 0.458. The summed E-state index contributed by atoms with van der Waals surface area (Å²) in [7, 11) is -2.14. The van der Waals surface area contributed by atoms with Crippen molar-refractivity contribution in [2.75, 3.05) is 11.8 Å². The summed E-state index contributed by atoms with van der Waals surface area (Å²) in [5, 5.41) is 1.71. The lowest BCUT2D eigenvalue weighted by Gasteiger charge is -2.11. The number of benzene rings is 1. The minimum atomic E-state index is -3.63. The van der Waals surface area contributed by atoms with Crippen LogP contribution in [0.4, 0.5) is 5.69 Å². The molecule has 0 amide bonds. The number of sulfonamides is 1. The SMILES string of the molecule is COc1ccc(Br)cc1NS(=O)(=O)c1sccc1Br. The molecule has 0 atom stereocenters. The summed E-state index contributed by atoms with van der Waals surface area (Å²) in [5.41, 5.74) is 0.386. The predicted octanol–water partition coefficient (Wildman–Crippen LogP) is 4.08. The Morgan fingerprint density at radius 3 is 2.58 bits per heavy atom. The highest BCUT2D eigenvalue weighted by atomic mass is 79.9. The van der Waals surface area contributed by atoms with Gasteiger partial charge in [-0.2, -0.15) is 0 Å². The molecule has 1 N–H and O–H groups in total. The Bertz CT molecular complexity index is 698. The number of hydrogen-bond acceptors (Lipinski definition) is 4. The third-order valence-electron chi connectivity index (χ3n) is 2.23. The van der Waals surface area contributed by atoms with Crippen molar-refractivity contribution >= 4 is 58.9 Å². The van der Waals surface area contributed by atoms with Crippen LogP contribution in [-0.2, 0) is 10.0 Å². The largest absolute Gasteiger partial charge is 0.495 e. The summed E-state index contributed by atoms with van der Waals surface area (Å²) in [6, 6.07) is 6.80. The molecule has 0 aliphatic rings. The Labute approximate surface area is 132 Å². The Kier molecular flexibility index (Phi) is 4.54. The van der Waals surface area contributed by atoms with Crippen LogP contribution < -0.4 is 9.46 Å². The van der Waals surface area contributed by atoms with Crippen molar-refractivity contribution in [1.82, 2.24) is 0 Å². The fraction of sp³-hybridized carbons (Fsp3) is 0.0909. The van der Waals surface area contributed by atoms with Gasteiger partial charge in [0.25, 0.3) is 10.0 Å². The van der Waals surface area contributed by atoms with E-state index in [2.05, 4.69) is 36.6 Å². The molecule has 0 aliphatic heterocycles. The van der Waals surface area contributed by atoms with E-state index in [0.717, 1.165) is 15.8 Å². The topological polar surface area (TPSA) is 55.4 Å². The fourth-order valence-electron chi connectivity index (χ4n) is 1.42. The lowest BCUT2D eigenvalue weighted by molar-refractivity contribution is 0.417. The molecule has 1 aromatic heterocycles. The van der Waals surface area contributed by atoms with E-state index in [0.29, 0.717) is 15.9 Å². The van der Waals surface area contributed by atoms with Crippen LogP contribution in [0, 0.1) is 0 Å². The van der Waals surface area contributed by atoms with Gasteiger partial charge >= 0.3 is 0 Å². The molecule has 2 rings (SSSR count). The number of halogens is 2. The van der Waals surface area contributed by atoms with Crippen molar-refractivity contribution in [3.05, 3.63) is 38.6 Å². The smallest absolute Gasteiger partial charge is 0.272 e. The van der Waals surface area contributed by atoms with E-state index in [1.807, 2.05) is 0 Å². The molecule has 1 heterocycles. The zero-order chi connectivity index (χ0) is 14.0. The summed E-state index contributed by atoms with van der Waals surface area (Å²) in [6.07, 6.45) is 0. The normalized spacial score (nSPS) is 11.3. The molecule has 0 saturated carbocycles. The van der Waals surface area contributed by atoms with Crippen LogP contribution in [0.25, 0.3) is 0 Å². The van der Waals surface area contributed by atoms with Crippen LogP contribution >= 0.6 is 43.2 Å². The number of thiophene rings is 1. The number of rotatable bonds is 4. The second-order valence-corrected chi connectivity index (χ2v) is 8.07. The van der Waals surface area contributed by atoms with Crippen LogP contribution in [0.3, 0.4) is 0 Å². The Morgan fingerprint density at radius 1 is 1.26 bits per heavy atom. The maximum atomic E-state index is 12.3. The molecular formula is C11H9Br2NO3S2. The lowest BCUT2D eigenvalue weighted by Crippen LogP contribution is -2.12. The summed E-state index contributed by atoms with van der Waals surface area (Å²) in [4.78, 5) is 0. The average molecular weight is 427 g/mol. The molecule has 0 aliphatic carbocycles. The summed E-state index contributed by atoms with van der Waals surface area (Å²) in [6.45, 7) is 0. The van der Waals surface area contributed by atoms with E-state index in [-0.39, 0.29) is 4.21 Å². The minimum absolute atomic E-state index is 0.231. The molecular weight excluding hydrogens is 418 g/mol. The molecule has 2 aromatic rings. The Morgan fingerprint density at radius 2 is 2.00 bits per heavy atom. The Balaban J connectivity index is 2.41. The van der Waals surface area contributed by atoms with E-state index in [1.54, 1.807) is 29.6 Å². The van der Waals surface area contributed by atoms with E-state index < -0.39 is 10.0 Å². The van der Waals surface area contributed by atoms with Gasteiger partial charge in [0.2, 0.25) is 0 Å².